The van der Waals surface area contributed by atoms with Crippen LogP contribution >= 0.6 is 0 Å². The predicted octanol–water partition coefficient (Wildman–Crippen LogP) is 0.0174. The van der Waals surface area contributed by atoms with Crippen LogP contribution in [-0.4, -0.2) is 60.2 Å². The highest BCUT2D eigenvalue weighted by Gasteiger charge is 2.18. The standard InChI is InChI=1S/C14H22N4O3/c1-3-17-5-7-18(8-6-17)14-15-11(9-12(19)16-14)10-13(20)21-4-2/h9H,3-8,10H2,1-2H3,(H,15,16,19). The summed E-state index contributed by atoms with van der Waals surface area (Å²) in [4.78, 5) is 34.7. The molecule has 1 aliphatic rings. The summed E-state index contributed by atoms with van der Waals surface area (Å²) in [5.41, 5.74) is 0.211. The summed E-state index contributed by atoms with van der Waals surface area (Å²) in [5.74, 6) is 0.176. The maximum atomic E-state index is 11.7. The maximum absolute atomic E-state index is 11.7. The Bertz CT molecular complexity index is 535. The monoisotopic (exact) mass is 294 g/mol. The van der Waals surface area contributed by atoms with Gasteiger partial charge in [-0.25, -0.2) is 4.98 Å². The van der Waals surface area contributed by atoms with Gasteiger partial charge >= 0.3 is 5.97 Å². The highest BCUT2D eigenvalue weighted by atomic mass is 16.5. The van der Waals surface area contributed by atoms with Crippen molar-refractivity contribution in [3.8, 4) is 0 Å². The SMILES string of the molecule is CCOC(=O)Cc1cc(=O)[nH]c(N2CCN(CC)CC2)n1. The molecule has 0 unspecified atom stereocenters. The molecule has 1 N–H and O–H groups in total. The predicted molar refractivity (Wildman–Crippen MR) is 79.5 cm³/mol. The number of hydrogen-bond acceptors (Lipinski definition) is 6. The van der Waals surface area contributed by atoms with Crippen molar-refractivity contribution in [2.45, 2.75) is 20.3 Å². The number of esters is 1. The molecule has 116 valence electrons. The van der Waals surface area contributed by atoms with Crippen LogP contribution in [0.2, 0.25) is 0 Å². The van der Waals surface area contributed by atoms with Crippen molar-refractivity contribution in [2.75, 3.05) is 44.2 Å². The second kappa shape index (κ2) is 7.21. The number of H-pyrrole nitrogens is 1. The van der Waals surface area contributed by atoms with Crippen molar-refractivity contribution in [3.63, 3.8) is 0 Å². The van der Waals surface area contributed by atoms with Crippen LogP contribution in [0.25, 0.3) is 0 Å². The normalized spacial score (nSPS) is 16.0. The van der Waals surface area contributed by atoms with Gasteiger partial charge in [-0.05, 0) is 13.5 Å². The van der Waals surface area contributed by atoms with Crippen molar-refractivity contribution < 1.29 is 9.53 Å². The van der Waals surface area contributed by atoms with Crippen LogP contribution in [0.15, 0.2) is 10.9 Å². The first-order valence-electron chi connectivity index (χ1n) is 7.35. The molecule has 1 aromatic rings. The minimum atomic E-state index is -0.364. The van der Waals surface area contributed by atoms with Gasteiger partial charge in [-0.15, -0.1) is 0 Å². The Morgan fingerprint density at radius 1 is 1.33 bits per heavy atom. The molecular weight excluding hydrogens is 272 g/mol. The summed E-state index contributed by atoms with van der Waals surface area (Å²) in [5, 5.41) is 0. The molecule has 0 saturated carbocycles. The number of aromatic amines is 1. The molecule has 7 heteroatoms. The number of carbonyl (C=O) groups excluding carboxylic acids is 1. The minimum Gasteiger partial charge on any atom is -0.466 e. The summed E-state index contributed by atoms with van der Waals surface area (Å²) < 4.78 is 4.89. The Balaban J connectivity index is 2.08. The number of piperazine rings is 1. The minimum absolute atomic E-state index is 0.0275. The maximum Gasteiger partial charge on any atom is 0.311 e. The molecule has 21 heavy (non-hydrogen) atoms. The van der Waals surface area contributed by atoms with Gasteiger partial charge < -0.3 is 14.5 Å². The average Bonchev–Trinajstić information content (AvgIpc) is 2.47. The molecule has 0 radical (unpaired) electrons. The van der Waals surface area contributed by atoms with Gasteiger partial charge in [0.05, 0.1) is 18.7 Å². The molecule has 0 amide bonds. The molecule has 2 rings (SSSR count). The summed E-state index contributed by atoms with van der Waals surface area (Å²) in [6.07, 6.45) is 0.0275. The van der Waals surface area contributed by atoms with Gasteiger partial charge in [0.1, 0.15) is 0 Å². The van der Waals surface area contributed by atoms with Crippen molar-refractivity contribution in [1.82, 2.24) is 14.9 Å². The van der Waals surface area contributed by atoms with E-state index in [9.17, 15) is 9.59 Å². The van der Waals surface area contributed by atoms with E-state index in [2.05, 4.69) is 21.8 Å². The second-order valence-corrected chi connectivity index (χ2v) is 4.96. The first-order chi connectivity index (χ1) is 10.1. The third kappa shape index (κ3) is 4.29. The van der Waals surface area contributed by atoms with Gasteiger partial charge in [-0.1, -0.05) is 6.92 Å². The molecule has 0 aliphatic carbocycles. The van der Waals surface area contributed by atoms with E-state index in [1.165, 1.54) is 6.07 Å². The molecule has 2 heterocycles. The summed E-state index contributed by atoms with van der Waals surface area (Å²) in [6.45, 7) is 8.77. The van der Waals surface area contributed by atoms with E-state index < -0.39 is 0 Å². The van der Waals surface area contributed by atoms with E-state index in [4.69, 9.17) is 4.74 Å². The Hall–Kier alpha value is -1.89. The van der Waals surface area contributed by atoms with Crippen LogP contribution in [0.4, 0.5) is 5.95 Å². The lowest BCUT2D eigenvalue weighted by Gasteiger charge is -2.34. The summed E-state index contributed by atoms with van der Waals surface area (Å²) >= 11 is 0. The van der Waals surface area contributed by atoms with Crippen molar-refractivity contribution in [3.05, 3.63) is 22.1 Å². The summed E-state index contributed by atoms with van der Waals surface area (Å²) in [6, 6.07) is 1.35. The average molecular weight is 294 g/mol. The Labute approximate surface area is 123 Å². The molecule has 1 fully saturated rings. The Kier molecular flexibility index (Phi) is 5.32. The third-order valence-corrected chi connectivity index (χ3v) is 3.53. The number of ether oxygens (including phenoxy) is 1. The van der Waals surface area contributed by atoms with E-state index in [0.29, 0.717) is 18.2 Å². The molecular formula is C14H22N4O3. The molecule has 0 bridgehead atoms. The third-order valence-electron chi connectivity index (χ3n) is 3.53. The van der Waals surface area contributed by atoms with E-state index in [0.717, 1.165) is 32.7 Å². The van der Waals surface area contributed by atoms with Crippen LogP contribution in [-0.2, 0) is 16.0 Å². The lowest BCUT2D eigenvalue weighted by atomic mass is 10.3. The molecule has 1 aliphatic heterocycles. The van der Waals surface area contributed by atoms with Crippen molar-refractivity contribution >= 4 is 11.9 Å². The molecule has 0 atom stereocenters. The van der Waals surface area contributed by atoms with Crippen LogP contribution in [0.1, 0.15) is 19.5 Å². The zero-order chi connectivity index (χ0) is 15.2. The number of aromatic nitrogens is 2. The van der Waals surface area contributed by atoms with E-state index >= 15 is 0 Å². The number of hydrogen-bond donors (Lipinski definition) is 1. The highest BCUT2D eigenvalue weighted by molar-refractivity contribution is 5.72. The molecule has 0 aromatic carbocycles. The van der Waals surface area contributed by atoms with Crippen LogP contribution < -0.4 is 10.5 Å². The lowest BCUT2D eigenvalue weighted by molar-refractivity contribution is -0.142. The zero-order valence-electron chi connectivity index (χ0n) is 12.6. The fourth-order valence-corrected chi connectivity index (χ4v) is 2.37. The number of rotatable bonds is 5. The number of carbonyl (C=O) groups is 1. The molecule has 7 nitrogen and oxygen atoms in total. The molecule has 1 aromatic heterocycles. The lowest BCUT2D eigenvalue weighted by Crippen LogP contribution is -2.47. The van der Waals surface area contributed by atoms with Gasteiger partial charge in [0.15, 0.2) is 0 Å². The van der Waals surface area contributed by atoms with Crippen LogP contribution in [0, 0.1) is 0 Å². The number of nitrogens with one attached hydrogen (secondary N) is 1. The van der Waals surface area contributed by atoms with Crippen molar-refractivity contribution in [2.24, 2.45) is 0 Å². The second-order valence-electron chi connectivity index (χ2n) is 4.96. The van der Waals surface area contributed by atoms with Gasteiger partial charge in [0.25, 0.3) is 5.56 Å². The van der Waals surface area contributed by atoms with Crippen LogP contribution in [0.5, 0.6) is 0 Å². The van der Waals surface area contributed by atoms with Crippen molar-refractivity contribution in [1.29, 1.82) is 0 Å². The number of likely N-dealkylation sites (N-methyl/N-ethyl adjacent to an activating group) is 1. The Morgan fingerprint density at radius 3 is 2.67 bits per heavy atom. The molecule has 0 spiro atoms. The van der Waals surface area contributed by atoms with E-state index in [-0.39, 0.29) is 17.9 Å². The Morgan fingerprint density at radius 2 is 2.05 bits per heavy atom. The molecule has 1 saturated heterocycles. The van der Waals surface area contributed by atoms with E-state index in [1.807, 2.05) is 4.90 Å². The smallest absolute Gasteiger partial charge is 0.311 e. The number of nitrogens with zero attached hydrogens (tertiary/aromatic N) is 3. The van der Waals surface area contributed by atoms with Crippen LogP contribution in [0.3, 0.4) is 0 Å². The van der Waals surface area contributed by atoms with E-state index in [1.54, 1.807) is 6.92 Å². The summed E-state index contributed by atoms with van der Waals surface area (Å²) in [7, 11) is 0. The quantitative estimate of drug-likeness (QED) is 0.771. The highest BCUT2D eigenvalue weighted by Crippen LogP contribution is 2.10. The first-order valence-corrected chi connectivity index (χ1v) is 7.35. The fourth-order valence-electron chi connectivity index (χ4n) is 2.37. The number of anilines is 1. The largest absolute Gasteiger partial charge is 0.466 e. The van der Waals surface area contributed by atoms with Gasteiger partial charge in [-0.2, -0.15) is 0 Å². The van der Waals surface area contributed by atoms with Gasteiger partial charge in [0.2, 0.25) is 5.95 Å². The topological polar surface area (TPSA) is 78.5 Å². The van der Waals surface area contributed by atoms with Gasteiger partial charge in [-0.3, -0.25) is 14.6 Å². The zero-order valence-corrected chi connectivity index (χ0v) is 12.6. The van der Waals surface area contributed by atoms with Gasteiger partial charge in [0, 0.05) is 32.2 Å². The first kappa shape index (κ1) is 15.5. The fraction of sp³-hybridized carbons (Fsp3) is 0.643.